The minimum Gasteiger partial charge on any atom is -0.467 e. The maximum Gasteiger partial charge on any atom is 0.226 e. The number of nitrogens with zero attached hydrogens (tertiary/aromatic N) is 2. The van der Waals surface area contributed by atoms with Crippen molar-refractivity contribution < 1.29 is 14.3 Å². The molecule has 2 aromatic rings. The van der Waals surface area contributed by atoms with E-state index in [1.165, 1.54) is 0 Å². The molecule has 1 aromatic carbocycles. The minimum atomic E-state index is -0.0781. The molecule has 1 amide bonds. The molecule has 0 bridgehead atoms. The summed E-state index contributed by atoms with van der Waals surface area (Å²) in [6.07, 6.45) is 2.23. The number of ether oxygens (including phenoxy) is 2. The van der Waals surface area contributed by atoms with Crippen molar-refractivity contribution in [3.05, 3.63) is 39.5 Å². The average molecular weight is 392 g/mol. The molecule has 1 atom stereocenters. The molecule has 0 radical (unpaired) electrons. The van der Waals surface area contributed by atoms with Crippen LogP contribution in [-0.2, 0) is 16.1 Å². The highest BCUT2D eigenvalue weighted by molar-refractivity contribution is 9.10. The van der Waals surface area contributed by atoms with Crippen LogP contribution in [0, 0.1) is 0 Å². The summed E-state index contributed by atoms with van der Waals surface area (Å²) in [5.74, 6) is 1.53. The Hall–Kier alpha value is -1.86. The smallest absolute Gasteiger partial charge is 0.226 e. The van der Waals surface area contributed by atoms with E-state index in [0.717, 1.165) is 32.7 Å². The third-order valence-electron chi connectivity index (χ3n) is 4.41. The summed E-state index contributed by atoms with van der Waals surface area (Å²) in [6, 6.07) is 4.21. The lowest BCUT2D eigenvalue weighted by Gasteiger charge is -2.28. The van der Waals surface area contributed by atoms with Crippen LogP contribution >= 0.6 is 15.9 Å². The highest BCUT2D eigenvalue weighted by Crippen LogP contribution is 2.44. The molecule has 0 spiro atoms. The second-order valence-corrected chi connectivity index (χ2v) is 7.30. The molecule has 0 fully saturated rings. The van der Waals surface area contributed by atoms with E-state index in [9.17, 15) is 4.79 Å². The molecule has 0 aliphatic carbocycles. The number of anilines is 1. The Labute approximate surface area is 148 Å². The van der Waals surface area contributed by atoms with Crippen molar-refractivity contribution in [2.75, 3.05) is 12.1 Å². The van der Waals surface area contributed by atoms with Gasteiger partial charge in [-0.3, -0.25) is 4.79 Å². The van der Waals surface area contributed by atoms with E-state index in [0.29, 0.717) is 13.0 Å². The number of carbonyl (C=O) groups excluding carboxylic acids is 1. The first-order valence-corrected chi connectivity index (χ1v) is 8.74. The Morgan fingerprint density at radius 1 is 1.38 bits per heavy atom. The van der Waals surface area contributed by atoms with Crippen LogP contribution in [0.25, 0.3) is 0 Å². The summed E-state index contributed by atoms with van der Waals surface area (Å²) in [6.45, 7) is 4.84. The first kappa shape index (κ1) is 15.7. The number of halogens is 1. The number of amides is 1. The lowest BCUT2D eigenvalue weighted by atomic mass is 9.85. The van der Waals surface area contributed by atoms with Gasteiger partial charge in [0.05, 0.1) is 12.8 Å². The van der Waals surface area contributed by atoms with Gasteiger partial charge in [-0.05, 0) is 26.0 Å². The predicted molar refractivity (Wildman–Crippen MR) is 92.1 cm³/mol. The Kier molecular flexibility index (Phi) is 3.85. The molecule has 4 rings (SSSR count). The van der Waals surface area contributed by atoms with Crippen molar-refractivity contribution in [1.29, 1.82) is 0 Å². The second kappa shape index (κ2) is 5.89. The Morgan fingerprint density at radius 2 is 2.21 bits per heavy atom. The van der Waals surface area contributed by atoms with Gasteiger partial charge in [-0.2, -0.15) is 5.10 Å². The van der Waals surface area contributed by atoms with Crippen molar-refractivity contribution in [2.45, 2.75) is 38.8 Å². The first-order valence-electron chi connectivity index (χ1n) is 7.94. The number of hydrogen-bond acceptors (Lipinski definition) is 4. The van der Waals surface area contributed by atoms with Crippen molar-refractivity contribution >= 4 is 27.7 Å². The van der Waals surface area contributed by atoms with E-state index in [-0.39, 0.29) is 24.7 Å². The van der Waals surface area contributed by atoms with Gasteiger partial charge in [-0.1, -0.05) is 15.9 Å². The molecule has 0 saturated carbocycles. The molecule has 126 valence electrons. The van der Waals surface area contributed by atoms with E-state index < -0.39 is 0 Å². The predicted octanol–water partition coefficient (Wildman–Crippen LogP) is 3.57. The summed E-state index contributed by atoms with van der Waals surface area (Å²) in [5.41, 5.74) is 3.02. The molecular formula is C17H18BrN3O3. The second-order valence-electron chi connectivity index (χ2n) is 6.39. The molecule has 7 heteroatoms. The van der Waals surface area contributed by atoms with Gasteiger partial charge in [-0.15, -0.1) is 0 Å². The minimum absolute atomic E-state index is 0.00400. The van der Waals surface area contributed by atoms with Gasteiger partial charge in [0.25, 0.3) is 0 Å². The molecule has 0 saturated heterocycles. The maximum atomic E-state index is 12.3. The molecule has 24 heavy (non-hydrogen) atoms. The molecule has 2 aliphatic rings. The van der Waals surface area contributed by atoms with Gasteiger partial charge in [-0.25, -0.2) is 4.68 Å². The summed E-state index contributed by atoms with van der Waals surface area (Å²) < 4.78 is 14.0. The van der Waals surface area contributed by atoms with Gasteiger partial charge < -0.3 is 14.8 Å². The third kappa shape index (κ3) is 2.52. The summed E-state index contributed by atoms with van der Waals surface area (Å²) in [4.78, 5) is 12.3. The summed E-state index contributed by atoms with van der Waals surface area (Å²) >= 11 is 3.56. The normalized spacial score (nSPS) is 19.5. The van der Waals surface area contributed by atoms with E-state index in [1.54, 1.807) is 0 Å². The van der Waals surface area contributed by atoms with Crippen LogP contribution in [0.15, 0.2) is 22.8 Å². The van der Waals surface area contributed by atoms with Crippen molar-refractivity contribution in [3.8, 4) is 5.75 Å². The Morgan fingerprint density at radius 3 is 3.00 bits per heavy atom. The van der Waals surface area contributed by atoms with E-state index in [4.69, 9.17) is 9.47 Å². The van der Waals surface area contributed by atoms with Crippen molar-refractivity contribution in [1.82, 2.24) is 9.78 Å². The number of aromatic nitrogens is 2. The summed E-state index contributed by atoms with van der Waals surface area (Å²) in [5, 5.41) is 7.44. The van der Waals surface area contributed by atoms with Crippen LogP contribution < -0.4 is 10.1 Å². The molecule has 3 heterocycles. The third-order valence-corrected chi connectivity index (χ3v) is 4.87. The van der Waals surface area contributed by atoms with Crippen LogP contribution in [0.5, 0.6) is 5.75 Å². The van der Waals surface area contributed by atoms with Crippen molar-refractivity contribution in [3.63, 3.8) is 0 Å². The Balaban J connectivity index is 1.87. The molecule has 2 aliphatic heterocycles. The number of hydrogen-bond donors (Lipinski definition) is 1. The number of benzene rings is 1. The highest BCUT2D eigenvalue weighted by Gasteiger charge is 2.33. The topological polar surface area (TPSA) is 65.4 Å². The average Bonchev–Trinajstić information content (AvgIpc) is 2.97. The summed E-state index contributed by atoms with van der Waals surface area (Å²) in [7, 11) is 0. The van der Waals surface area contributed by atoms with Gasteiger partial charge in [0.1, 0.15) is 11.6 Å². The fourth-order valence-electron chi connectivity index (χ4n) is 3.37. The van der Waals surface area contributed by atoms with E-state index >= 15 is 0 Å². The zero-order valence-corrected chi connectivity index (χ0v) is 15.1. The zero-order chi connectivity index (χ0) is 16.8. The Bertz CT molecular complexity index is 816. The van der Waals surface area contributed by atoms with Crippen LogP contribution in [0.2, 0.25) is 0 Å². The van der Waals surface area contributed by atoms with E-state index in [2.05, 4.69) is 26.3 Å². The molecule has 1 aromatic heterocycles. The largest absolute Gasteiger partial charge is 0.467 e. The van der Waals surface area contributed by atoms with Crippen LogP contribution in [-0.4, -0.2) is 22.5 Å². The quantitative estimate of drug-likeness (QED) is 0.849. The van der Waals surface area contributed by atoms with Crippen LogP contribution in [0.3, 0.4) is 0 Å². The van der Waals surface area contributed by atoms with Crippen LogP contribution in [0.4, 0.5) is 5.82 Å². The fraction of sp³-hybridized carbons (Fsp3) is 0.412. The number of nitrogens with one attached hydrogen (secondary N) is 1. The standard InChI is InChI=1S/C17H18BrN3O3/c1-9(2)21-17-14(6-19-21)12(5-15(22)20-17)13-4-11(18)3-10-7-23-8-24-16(10)13/h3-4,6,9,12H,5,7-8H2,1-2H3,(H,20,22)/t12-/m0/s1. The van der Waals surface area contributed by atoms with Gasteiger partial charge in [0, 0.05) is 39.5 Å². The van der Waals surface area contributed by atoms with Gasteiger partial charge in [0.2, 0.25) is 5.91 Å². The van der Waals surface area contributed by atoms with Gasteiger partial charge >= 0.3 is 0 Å². The number of fused-ring (bicyclic) bond motifs is 2. The van der Waals surface area contributed by atoms with E-state index in [1.807, 2.05) is 36.9 Å². The SMILES string of the molecule is CC(C)n1ncc2c1NC(=O)C[C@H]2c1cc(Br)cc2c1OCOC2. The van der Waals surface area contributed by atoms with Crippen molar-refractivity contribution in [2.24, 2.45) is 0 Å². The highest BCUT2D eigenvalue weighted by atomic mass is 79.9. The lowest BCUT2D eigenvalue weighted by molar-refractivity contribution is -0.116. The van der Waals surface area contributed by atoms with Crippen LogP contribution in [0.1, 0.15) is 48.9 Å². The molecule has 0 unspecified atom stereocenters. The fourth-order valence-corrected chi connectivity index (χ4v) is 3.90. The zero-order valence-electron chi connectivity index (χ0n) is 13.5. The first-order chi connectivity index (χ1) is 11.5. The lowest BCUT2D eigenvalue weighted by Crippen LogP contribution is -2.26. The monoisotopic (exact) mass is 391 g/mol. The maximum absolute atomic E-state index is 12.3. The van der Waals surface area contributed by atoms with Gasteiger partial charge in [0.15, 0.2) is 6.79 Å². The number of carbonyl (C=O) groups is 1. The molecule has 1 N–H and O–H groups in total. The molecular weight excluding hydrogens is 374 g/mol. The number of rotatable bonds is 2. The molecule has 6 nitrogen and oxygen atoms in total.